The maximum absolute atomic E-state index is 10.9. The Labute approximate surface area is 281 Å². The van der Waals surface area contributed by atoms with Crippen molar-refractivity contribution in [1.82, 2.24) is 15.0 Å². The summed E-state index contributed by atoms with van der Waals surface area (Å²) >= 11 is 1.75. The molecular formula is C39H25N3O6S. The van der Waals surface area contributed by atoms with Crippen LogP contribution >= 0.6 is 11.3 Å². The highest BCUT2D eigenvalue weighted by Gasteiger charge is 2.41. The van der Waals surface area contributed by atoms with Gasteiger partial charge in [0.15, 0.2) is 28.9 Å². The minimum Gasteiger partial charge on any atom is -0.507 e. The van der Waals surface area contributed by atoms with Crippen molar-refractivity contribution in [2.45, 2.75) is 12.0 Å². The van der Waals surface area contributed by atoms with Crippen LogP contribution in [0.3, 0.4) is 0 Å². The zero-order chi connectivity index (χ0) is 33.4. The lowest BCUT2D eigenvalue weighted by atomic mass is 9.91. The molecule has 1 aliphatic rings. The van der Waals surface area contributed by atoms with Gasteiger partial charge in [0.25, 0.3) is 0 Å². The average molecular weight is 664 g/mol. The smallest absolute Gasteiger partial charge is 0.202 e. The zero-order valence-electron chi connectivity index (χ0n) is 25.4. The van der Waals surface area contributed by atoms with Crippen LogP contribution in [-0.2, 0) is 0 Å². The fourth-order valence-electron chi connectivity index (χ4n) is 6.53. The van der Waals surface area contributed by atoms with Crippen LogP contribution in [0.2, 0.25) is 0 Å². The monoisotopic (exact) mass is 663 g/mol. The molecule has 0 saturated carbocycles. The van der Waals surface area contributed by atoms with Gasteiger partial charge in [-0.2, -0.15) is 0 Å². The molecule has 3 heterocycles. The Morgan fingerprint density at radius 1 is 0.551 bits per heavy atom. The highest BCUT2D eigenvalue weighted by Crippen LogP contribution is 2.41. The van der Waals surface area contributed by atoms with Gasteiger partial charge in [-0.05, 0) is 35.4 Å². The zero-order valence-corrected chi connectivity index (χ0v) is 26.3. The predicted molar refractivity (Wildman–Crippen MR) is 190 cm³/mol. The van der Waals surface area contributed by atoms with E-state index < -0.39 is 35.1 Å². The molecular weight excluding hydrogens is 639 g/mol. The quantitative estimate of drug-likeness (QED) is 0.124. The molecule has 0 bridgehead atoms. The van der Waals surface area contributed by atoms with E-state index in [-0.39, 0.29) is 17.5 Å². The molecule has 3 aromatic heterocycles. The fourth-order valence-corrected chi connectivity index (χ4v) is 7.77. The second-order valence-corrected chi connectivity index (χ2v) is 13.0. The van der Waals surface area contributed by atoms with Gasteiger partial charge in [-0.15, -0.1) is 11.3 Å². The first-order valence-electron chi connectivity index (χ1n) is 15.5. The van der Waals surface area contributed by atoms with Gasteiger partial charge < -0.3 is 29.9 Å². The van der Waals surface area contributed by atoms with Gasteiger partial charge in [-0.25, -0.2) is 15.0 Å². The molecule has 5 aromatic carbocycles. The fraction of sp³-hybridized carbons (Fsp3) is 0.0513. The lowest BCUT2D eigenvalue weighted by molar-refractivity contribution is 0.0881. The summed E-state index contributed by atoms with van der Waals surface area (Å²) < 4.78 is 8.50. The van der Waals surface area contributed by atoms with Crippen molar-refractivity contribution in [3.63, 3.8) is 0 Å². The van der Waals surface area contributed by atoms with Crippen molar-refractivity contribution < 1.29 is 29.9 Å². The molecule has 9 nitrogen and oxygen atoms in total. The number of para-hydroxylation sites is 1. The van der Waals surface area contributed by atoms with Crippen molar-refractivity contribution in [3.8, 4) is 33.9 Å². The summed E-state index contributed by atoms with van der Waals surface area (Å²) in [4.78, 5) is 14.0. The number of benzene rings is 5. The molecule has 49 heavy (non-hydrogen) atoms. The summed E-state index contributed by atoms with van der Waals surface area (Å²) in [5.41, 5.74) is 4.65. The lowest BCUT2D eigenvalue weighted by Gasteiger charge is -2.26. The average Bonchev–Trinajstić information content (AvgIpc) is 3.71. The molecule has 0 fully saturated rings. The number of aliphatic hydroxyl groups excluding tert-OH is 5. The number of rotatable bonds is 4. The highest BCUT2D eigenvalue weighted by atomic mass is 32.1. The maximum Gasteiger partial charge on any atom is 0.202 e. The molecule has 2 unspecified atom stereocenters. The Morgan fingerprint density at radius 3 is 2.00 bits per heavy atom. The Kier molecular flexibility index (Phi) is 6.45. The highest BCUT2D eigenvalue weighted by molar-refractivity contribution is 7.26. The van der Waals surface area contributed by atoms with E-state index in [1.54, 1.807) is 17.4 Å². The minimum atomic E-state index is -1.83. The number of hydrogen-bond donors (Lipinski definition) is 5. The Morgan fingerprint density at radius 2 is 1.18 bits per heavy atom. The van der Waals surface area contributed by atoms with E-state index >= 15 is 0 Å². The number of hydrogen-bond acceptors (Lipinski definition) is 10. The Hall–Kier alpha value is -6.23. The number of furan rings is 1. The Balaban J connectivity index is 1.18. The summed E-state index contributed by atoms with van der Waals surface area (Å²) in [5, 5.41) is 56.8. The predicted octanol–water partition coefficient (Wildman–Crippen LogP) is 9.25. The normalized spacial score (nSPS) is 16.8. The third-order valence-corrected chi connectivity index (χ3v) is 10.2. The largest absolute Gasteiger partial charge is 0.507 e. The number of thiophene rings is 1. The van der Waals surface area contributed by atoms with E-state index in [9.17, 15) is 25.5 Å². The molecule has 9 rings (SSSR count). The summed E-state index contributed by atoms with van der Waals surface area (Å²) in [6, 6.07) is 35.7. The van der Waals surface area contributed by atoms with E-state index in [0.717, 1.165) is 27.5 Å². The van der Waals surface area contributed by atoms with Gasteiger partial charge >= 0.3 is 0 Å². The van der Waals surface area contributed by atoms with Crippen LogP contribution in [0.5, 0.6) is 0 Å². The summed E-state index contributed by atoms with van der Waals surface area (Å²) in [5.74, 6) is -4.86. The van der Waals surface area contributed by atoms with Crippen molar-refractivity contribution in [2.24, 2.45) is 0 Å². The first kappa shape index (κ1) is 29.0. The van der Waals surface area contributed by atoms with Crippen LogP contribution < -0.4 is 0 Å². The van der Waals surface area contributed by atoms with Gasteiger partial charge in [0.05, 0.1) is 0 Å². The second kappa shape index (κ2) is 10.9. The van der Waals surface area contributed by atoms with Crippen LogP contribution in [0.25, 0.3) is 76.0 Å². The number of fused-ring (bicyclic) bond motifs is 6. The summed E-state index contributed by atoms with van der Waals surface area (Å²) in [6.45, 7) is 0. The second-order valence-electron chi connectivity index (χ2n) is 11.9. The molecule has 2 atom stereocenters. The molecule has 5 N–H and O–H groups in total. The standard InChI is InChI=1S/C39H25N3O6S/c43-31-30(32(44)34(46)35(47)33(31)45)39-41-37(40-38(42-39)21-16-17-24-23-6-1-3-10-27(23)48-28(24)18-21)20-14-12-19(13-15-20)22-8-5-9-26-25-7-2-4-11-29(25)49-36(22)26/h1-18,30-31,43-47H. The van der Waals surface area contributed by atoms with Crippen molar-refractivity contribution in [1.29, 1.82) is 0 Å². The first-order chi connectivity index (χ1) is 23.9. The number of aromatic nitrogens is 3. The van der Waals surface area contributed by atoms with Gasteiger partial charge in [-0.3, -0.25) is 0 Å². The SMILES string of the molecule is OC1=C(O)C(O)C(c2nc(-c3ccc(-c4cccc5c4sc4ccccc45)cc3)nc(-c3ccc4c(c3)oc3ccccc34)n2)C(O)=C1O. The van der Waals surface area contributed by atoms with E-state index in [1.165, 1.54) is 20.2 Å². The van der Waals surface area contributed by atoms with E-state index in [4.69, 9.17) is 9.40 Å². The molecule has 0 amide bonds. The van der Waals surface area contributed by atoms with E-state index in [2.05, 4.69) is 40.3 Å². The van der Waals surface area contributed by atoms with Gasteiger partial charge in [0.2, 0.25) is 5.76 Å². The minimum absolute atomic E-state index is 0.126. The van der Waals surface area contributed by atoms with E-state index in [1.807, 2.05) is 72.8 Å². The molecule has 8 aromatic rings. The molecule has 0 aliphatic heterocycles. The molecule has 10 heteroatoms. The van der Waals surface area contributed by atoms with Crippen LogP contribution in [0.1, 0.15) is 11.7 Å². The lowest BCUT2D eigenvalue weighted by Crippen LogP contribution is -2.31. The Bertz CT molecular complexity index is 2690. The van der Waals surface area contributed by atoms with Crippen LogP contribution in [-0.4, -0.2) is 46.6 Å². The molecule has 0 saturated heterocycles. The molecule has 0 spiro atoms. The summed E-state index contributed by atoms with van der Waals surface area (Å²) in [6.07, 6.45) is -1.83. The maximum atomic E-state index is 10.9. The van der Waals surface area contributed by atoms with Crippen LogP contribution in [0.4, 0.5) is 0 Å². The van der Waals surface area contributed by atoms with Crippen molar-refractivity contribution >= 4 is 53.4 Å². The van der Waals surface area contributed by atoms with Crippen LogP contribution in [0, 0.1) is 0 Å². The van der Waals surface area contributed by atoms with Gasteiger partial charge in [-0.1, -0.05) is 84.9 Å². The third-order valence-electron chi connectivity index (χ3n) is 9.03. The van der Waals surface area contributed by atoms with Crippen molar-refractivity contribution in [2.75, 3.05) is 0 Å². The van der Waals surface area contributed by atoms with Crippen molar-refractivity contribution in [3.05, 3.63) is 138 Å². The first-order valence-corrected chi connectivity index (χ1v) is 16.3. The molecule has 1 aliphatic carbocycles. The third kappa shape index (κ3) is 4.53. The van der Waals surface area contributed by atoms with Crippen LogP contribution in [0.15, 0.2) is 137 Å². The number of nitrogens with zero attached hydrogens (tertiary/aromatic N) is 3. The molecule has 238 valence electrons. The van der Waals surface area contributed by atoms with Gasteiger partial charge in [0.1, 0.15) is 29.0 Å². The molecule has 0 radical (unpaired) electrons. The van der Waals surface area contributed by atoms with E-state index in [0.29, 0.717) is 16.7 Å². The number of aliphatic hydroxyl groups is 5. The summed E-state index contributed by atoms with van der Waals surface area (Å²) in [7, 11) is 0. The topological polar surface area (TPSA) is 153 Å². The van der Waals surface area contributed by atoms with Gasteiger partial charge in [0, 0.05) is 42.1 Å².